The third-order valence-electron chi connectivity index (χ3n) is 5.99. The first-order chi connectivity index (χ1) is 12.5. The molecule has 0 N–H and O–H groups in total. The number of likely N-dealkylation sites (tertiary alicyclic amines) is 1. The van der Waals surface area contributed by atoms with Gasteiger partial charge in [-0.1, -0.05) is 0 Å². The fraction of sp³-hybridized carbons (Fsp3) is 0.579. The van der Waals surface area contributed by atoms with Crippen molar-refractivity contribution in [1.29, 1.82) is 0 Å². The van der Waals surface area contributed by atoms with Gasteiger partial charge in [-0.3, -0.25) is 9.48 Å². The minimum atomic E-state index is 0.181. The van der Waals surface area contributed by atoms with Crippen molar-refractivity contribution in [2.75, 3.05) is 25.0 Å². The van der Waals surface area contributed by atoms with Crippen LogP contribution in [-0.2, 0) is 11.3 Å². The summed E-state index contributed by atoms with van der Waals surface area (Å²) in [5.74, 6) is 1.15. The van der Waals surface area contributed by atoms with E-state index in [1.54, 1.807) is 12.5 Å². The van der Waals surface area contributed by atoms with Gasteiger partial charge in [-0.15, -0.1) is 0 Å². The maximum atomic E-state index is 12.7. The first-order valence-corrected chi connectivity index (χ1v) is 9.23. The SMILES string of the molecule is Cc1cc(C)n(CC(=O)N2CCC3(CC(N(C)c4ccncn4)C3)C2)n1. The Bertz CT molecular complexity index is 796. The van der Waals surface area contributed by atoms with Crippen molar-refractivity contribution >= 4 is 11.7 Å². The minimum Gasteiger partial charge on any atom is -0.357 e. The second kappa shape index (κ2) is 6.37. The quantitative estimate of drug-likeness (QED) is 0.838. The molecule has 7 heteroatoms. The van der Waals surface area contributed by atoms with Gasteiger partial charge in [-0.05, 0) is 50.7 Å². The molecular weight excluding hydrogens is 328 g/mol. The summed E-state index contributed by atoms with van der Waals surface area (Å²) in [5, 5.41) is 4.41. The number of hydrogen-bond donors (Lipinski definition) is 0. The Labute approximate surface area is 154 Å². The topological polar surface area (TPSA) is 67.2 Å². The van der Waals surface area contributed by atoms with Gasteiger partial charge in [0.25, 0.3) is 0 Å². The van der Waals surface area contributed by atoms with Gasteiger partial charge in [0, 0.05) is 38.1 Å². The Balaban J connectivity index is 1.33. The highest BCUT2D eigenvalue weighted by molar-refractivity contribution is 5.76. The van der Waals surface area contributed by atoms with Crippen LogP contribution in [0.25, 0.3) is 0 Å². The Morgan fingerprint density at radius 2 is 2.19 bits per heavy atom. The molecule has 26 heavy (non-hydrogen) atoms. The summed E-state index contributed by atoms with van der Waals surface area (Å²) in [6.45, 7) is 6.04. The Morgan fingerprint density at radius 1 is 1.38 bits per heavy atom. The van der Waals surface area contributed by atoms with E-state index in [0.29, 0.717) is 12.6 Å². The number of aromatic nitrogens is 4. The monoisotopic (exact) mass is 354 g/mol. The molecule has 7 nitrogen and oxygen atoms in total. The van der Waals surface area contributed by atoms with Crippen molar-refractivity contribution in [1.82, 2.24) is 24.6 Å². The van der Waals surface area contributed by atoms with E-state index in [-0.39, 0.29) is 11.3 Å². The Kier molecular flexibility index (Phi) is 4.17. The maximum Gasteiger partial charge on any atom is 0.244 e. The third kappa shape index (κ3) is 3.06. The molecule has 0 radical (unpaired) electrons. The molecule has 0 aromatic carbocycles. The summed E-state index contributed by atoms with van der Waals surface area (Å²) >= 11 is 0. The van der Waals surface area contributed by atoms with Crippen molar-refractivity contribution in [3.05, 3.63) is 36.0 Å². The Hall–Kier alpha value is -2.44. The predicted octanol–water partition coefficient (Wildman–Crippen LogP) is 1.81. The molecule has 2 aromatic heterocycles. The largest absolute Gasteiger partial charge is 0.357 e. The van der Waals surface area contributed by atoms with Crippen molar-refractivity contribution in [2.24, 2.45) is 5.41 Å². The van der Waals surface area contributed by atoms with E-state index in [4.69, 9.17) is 0 Å². The molecule has 0 unspecified atom stereocenters. The lowest BCUT2D eigenvalue weighted by molar-refractivity contribution is -0.131. The van der Waals surface area contributed by atoms with Crippen LogP contribution in [0, 0.1) is 19.3 Å². The lowest BCUT2D eigenvalue weighted by atomic mass is 9.64. The molecule has 2 fully saturated rings. The zero-order valence-corrected chi connectivity index (χ0v) is 15.7. The van der Waals surface area contributed by atoms with Crippen molar-refractivity contribution in [2.45, 2.75) is 45.7 Å². The van der Waals surface area contributed by atoms with Gasteiger partial charge in [-0.25, -0.2) is 9.97 Å². The lowest BCUT2D eigenvalue weighted by Crippen LogP contribution is -2.51. The molecular formula is C19H26N6O. The first kappa shape index (κ1) is 17.0. The predicted molar refractivity (Wildman–Crippen MR) is 98.8 cm³/mol. The average molecular weight is 354 g/mol. The highest BCUT2D eigenvalue weighted by atomic mass is 16.2. The molecule has 2 aromatic rings. The normalized spacial score (nSPS) is 24.7. The Morgan fingerprint density at radius 3 is 2.85 bits per heavy atom. The molecule has 3 heterocycles. The number of amides is 1. The van der Waals surface area contributed by atoms with Crippen LogP contribution >= 0.6 is 0 Å². The van der Waals surface area contributed by atoms with Gasteiger partial charge >= 0.3 is 0 Å². The fourth-order valence-electron chi connectivity index (χ4n) is 4.44. The third-order valence-corrected chi connectivity index (χ3v) is 5.99. The van der Waals surface area contributed by atoms with Gasteiger partial charge in [-0.2, -0.15) is 5.10 Å². The molecule has 1 amide bonds. The lowest BCUT2D eigenvalue weighted by Gasteiger charge is -2.49. The van der Waals surface area contributed by atoms with Gasteiger partial charge in [0.15, 0.2) is 0 Å². The van der Waals surface area contributed by atoms with Gasteiger partial charge < -0.3 is 9.80 Å². The van der Waals surface area contributed by atoms with E-state index in [9.17, 15) is 4.79 Å². The van der Waals surface area contributed by atoms with Crippen LogP contribution in [0.4, 0.5) is 5.82 Å². The molecule has 1 aliphatic heterocycles. The number of anilines is 1. The fourth-order valence-corrected chi connectivity index (χ4v) is 4.44. The van der Waals surface area contributed by atoms with Gasteiger partial charge in [0.1, 0.15) is 18.7 Å². The summed E-state index contributed by atoms with van der Waals surface area (Å²) in [5.41, 5.74) is 2.29. The molecule has 1 saturated heterocycles. The van der Waals surface area contributed by atoms with E-state index in [2.05, 4.69) is 27.0 Å². The van der Waals surface area contributed by atoms with E-state index in [0.717, 1.165) is 49.6 Å². The van der Waals surface area contributed by atoms with E-state index >= 15 is 0 Å². The number of nitrogens with zero attached hydrogens (tertiary/aromatic N) is 6. The second-order valence-electron chi connectivity index (χ2n) is 7.89. The average Bonchev–Trinajstić information content (AvgIpc) is 3.18. The van der Waals surface area contributed by atoms with Crippen molar-refractivity contribution in [3.63, 3.8) is 0 Å². The molecule has 138 valence electrons. The molecule has 0 atom stereocenters. The van der Waals surface area contributed by atoms with Crippen LogP contribution in [0.3, 0.4) is 0 Å². The standard InChI is InChI=1S/C19H26N6O/c1-14-8-15(2)25(22-14)11-18(26)24-7-5-19(12-24)9-16(10-19)23(3)17-4-6-20-13-21-17/h4,6,8,13,16H,5,7,9-12H2,1-3H3. The molecule has 4 rings (SSSR count). The second-order valence-corrected chi connectivity index (χ2v) is 7.89. The number of aryl methyl sites for hydroxylation is 2. The van der Waals surface area contributed by atoms with E-state index in [1.165, 1.54) is 0 Å². The minimum absolute atomic E-state index is 0.181. The van der Waals surface area contributed by atoms with Crippen LogP contribution in [0.15, 0.2) is 24.7 Å². The molecule has 1 saturated carbocycles. The van der Waals surface area contributed by atoms with Crippen LogP contribution in [0.5, 0.6) is 0 Å². The molecule has 1 spiro atoms. The van der Waals surface area contributed by atoms with Crippen LogP contribution in [0.1, 0.15) is 30.7 Å². The zero-order chi connectivity index (χ0) is 18.3. The summed E-state index contributed by atoms with van der Waals surface area (Å²) in [7, 11) is 2.10. The van der Waals surface area contributed by atoms with Crippen LogP contribution < -0.4 is 4.90 Å². The highest BCUT2D eigenvalue weighted by Crippen LogP contribution is 2.50. The molecule has 0 bridgehead atoms. The summed E-state index contributed by atoms with van der Waals surface area (Å²) in [6, 6.07) is 4.46. The van der Waals surface area contributed by atoms with Crippen LogP contribution in [-0.4, -0.2) is 56.7 Å². The number of carbonyl (C=O) groups is 1. The summed E-state index contributed by atoms with van der Waals surface area (Å²) in [6.07, 6.45) is 6.72. The van der Waals surface area contributed by atoms with Gasteiger partial charge in [0.05, 0.1) is 5.69 Å². The van der Waals surface area contributed by atoms with Crippen molar-refractivity contribution < 1.29 is 4.79 Å². The smallest absolute Gasteiger partial charge is 0.244 e. The highest BCUT2D eigenvalue weighted by Gasteiger charge is 2.50. The van der Waals surface area contributed by atoms with Crippen LogP contribution in [0.2, 0.25) is 0 Å². The first-order valence-electron chi connectivity index (χ1n) is 9.23. The number of rotatable bonds is 4. The van der Waals surface area contributed by atoms with E-state index < -0.39 is 0 Å². The zero-order valence-electron chi connectivity index (χ0n) is 15.7. The molecule has 1 aliphatic carbocycles. The van der Waals surface area contributed by atoms with Crippen molar-refractivity contribution in [3.8, 4) is 0 Å². The molecule has 2 aliphatic rings. The summed E-state index contributed by atoms with van der Waals surface area (Å²) in [4.78, 5) is 25.3. The van der Waals surface area contributed by atoms with E-state index in [1.807, 2.05) is 35.6 Å². The summed E-state index contributed by atoms with van der Waals surface area (Å²) < 4.78 is 1.81. The number of carbonyl (C=O) groups excluding carboxylic acids is 1. The maximum absolute atomic E-state index is 12.7. The van der Waals surface area contributed by atoms with Gasteiger partial charge in [0.2, 0.25) is 5.91 Å². The number of hydrogen-bond acceptors (Lipinski definition) is 5.